The summed E-state index contributed by atoms with van der Waals surface area (Å²) in [5.74, 6) is 0.927. The van der Waals surface area contributed by atoms with Gasteiger partial charge in [-0.25, -0.2) is 4.98 Å². The predicted molar refractivity (Wildman–Crippen MR) is 121 cm³/mol. The van der Waals surface area contributed by atoms with Crippen molar-refractivity contribution in [2.24, 2.45) is 28.6 Å². The first-order valence-electron chi connectivity index (χ1n) is 12.0. The molecule has 0 amide bonds. The molecule has 4 aliphatic carbocycles. The van der Waals surface area contributed by atoms with Gasteiger partial charge in [0.25, 0.3) is 0 Å². The number of hydrogen-bond donors (Lipinski definition) is 1. The van der Waals surface area contributed by atoms with Gasteiger partial charge in [0, 0.05) is 24.2 Å². The average Bonchev–Trinajstić information content (AvgIpc) is 3.05. The van der Waals surface area contributed by atoms with Crippen LogP contribution in [0.15, 0.2) is 42.1 Å². The number of carbonyl (C=O) groups is 2. The molecule has 5 heteroatoms. The Bertz CT molecular complexity index is 1190. The summed E-state index contributed by atoms with van der Waals surface area (Å²) in [6.45, 7) is 4.31. The highest BCUT2D eigenvalue weighted by atomic mass is 16.3. The molecule has 1 aromatic carbocycles. The fourth-order valence-electron chi connectivity index (χ4n) is 7.96. The Morgan fingerprint density at radius 3 is 2.62 bits per heavy atom. The lowest BCUT2D eigenvalue weighted by Gasteiger charge is -2.57. The van der Waals surface area contributed by atoms with Crippen LogP contribution in [0.5, 0.6) is 0 Å². The summed E-state index contributed by atoms with van der Waals surface area (Å²) in [4.78, 5) is 35.2. The number of aromatic nitrogens is 2. The van der Waals surface area contributed by atoms with Gasteiger partial charge in [-0.2, -0.15) is 0 Å². The van der Waals surface area contributed by atoms with Crippen LogP contribution in [0.25, 0.3) is 11.0 Å². The van der Waals surface area contributed by atoms with E-state index in [0.717, 1.165) is 36.7 Å². The molecule has 1 heterocycles. The van der Waals surface area contributed by atoms with Crippen molar-refractivity contribution < 1.29 is 14.7 Å². The van der Waals surface area contributed by atoms with E-state index >= 15 is 0 Å². The van der Waals surface area contributed by atoms with E-state index in [9.17, 15) is 14.7 Å². The molecule has 3 saturated carbocycles. The average molecular weight is 431 g/mol. The third kappa shape index (κ3) is 2.49. The fourth-order valence-corrected chi connectivity index (χ4v) is 7.96. The van der Waals surface area contributed by atoms with Crippen LogP contribution in [0.4, 0.5) is 0 Å². The molecule has 0 bridgehead atoms. The van der Waals surface area contributed by atoms with E-state index in [1.54, 1.807) is 6.20 Å². The number of carbonyl (C=O) groups excluding carboxylic acids is 2. The molecule has 166 valence electrons. The zero-order valence-corrected chi connectivity index (χ0v) is 18.8. The third-order valence-electron chi connectivity index (χ3n) is 9.68. The third-order valence-corrected chi connectivity index (χ3v) is 9.68. The summed E-state index contributed by atoms with van der Waals surface area (Å²) in [7, 11) is 0. The van der Waals surface area contributed by atoms with Gasteiger partial charge in [0.1, 0.15) is 11.4 Å². The van der Waals surface area contributed by atoms with Crippen molar-refractivity contribution >= 4 is 22.6 Å². The van der Waals surface area contributed by atoms with Crippen molar-refractivity contribution in [3.8, 4) is 0 Å². The first-order chi connectivity index (χ1) is 15.3. The molecular formula is C27H30N2O3. The number of Topliss-reactive ketones (excluding diaryl/α,β-unsaturated/α-hetero) is 1. The van der Waals surface area contributed by atoms with E-state index in [0.29, 0.717) is 25.0 Å². The van der Waals surface area contributed by atoms with Gasteiger partial charge in [-0.15, -0.1) is 0 Å². The van der Waals surface area contributed by atoms with Gasteiger partial charge in [-0.05, 0) is 67.6 Å². The van der Waals surface area contributed by atoms with Crippen LogP contribution in [0.1, 0.15) is 64.5 Å². The van der Waals surface area contributed by atoms with Crippen LogP contribution >= 0.6 is 0 Å². The summed E-state index contributed by atoms with van der Waals surface area (Å²) in [5, 5.41) is 12.1. The van der Waals surface area contributed by atoms with Crippen molar-refractivity contribution in [1.82, 2.24) is 9.97 Å². The molecule has 2 aromatic rings. The van der Waals surface area contributed by atoms with Crippen LogP contribution in [0, 0.1) is 28.6 Å². The summed E-state index contributed by atoms with van der Waals surface area (Å²) in [6.07, 6.45) is 8.52. The number of allylic oxidation sites excluding steroid dienone is 1. The Hall–Kier alpha value is -2.40. The number of para-hydroxylation sites is 2. The Labute approximate surface area is 188 Å². The van der Waals surface area contributed by atoms with Crippen LogP contribution in [0.3, 0.4) is 0 Å². The van der Waals surface area contributed by atoms with Gasteiger partial charge in [-0.3, -0.25) is 14.6 Å². The zero-order chi connectivity index (χ0) is 22.3. The van der Waals surface area contributed by atoms with E-state index in [2.05, 4.69) is 18.8 Å². The summed E-state index contributed by atoms with van der Waals surface area (Å²) >= 11 is 0. The number of rotatable bonds is 1. The quantitative estimate of drug-likeness (QED) is 0.719. The maximum atomic E-state index is 13.8. The highest BCUT2D eigenvalue weighted by Gasteiger charge is 2.67. The minimum Gasteiger partial charge on any atom is -0.383 e. The number of hydrogen-bond acceptors (Lipinski definition) is 5. The van der Waals surface area contributed by atoms with Gasteiger partial charge in [-0.1, -0.05) is 31.6 Å². The maximum Gasteiger partial charge on any atom is 0.155 e. The summed E-state index contributed by atoms with van der Waals surface area (Å²) < 4.78 is 0. The normalized spacial score (nSPS) is 41.1. The molecule has 3 fully saturated rings. The molecule has 4 aliphatic rings. The van der Waals surface area contributed by atoms with Gasteiger partial charge in [0.2, 0.25) is 0 Å². The Morgan fingerprint density at radius 1 is 1.03 bits per heavy atom. The van der Waals surface area contributed by atoms with Gasteiger partial charge in [0.05, 0.1) is 22.9 Å². The van der Waals surface area contributed by atoms with Crippen molar-refractivity contribution in [3.63, 3.8) is 0 Å². The second-order valence-electron chi connectivity index (χ2n) is 11.0. The summed E-state index contributed by atoms with van der Waals surface area (Å²) in [5.41, 5.74) is 1.44. The molecule has 0 saturated heterocycles. The summed E-state index contributed by atoms with van der Waals surface area (Å²) in [6, 6.07) is 7.71. The molecule has 32 heavy (non-hydrogen) atoms. The Kier molecular flexibility index (Phi) is 4.15. The Morgan fingerprint density at radius 2 is 1.81 bits per heavy atom. The second-order valence-corrected chi connectivity index (χ2v) is 11.0. The molecular weight excluding hydrogens is 400 g/mol. The molecule has 5 nitrogen and oxygen atoms in total. The van der Waals surface area contributed by atoms with Crippen molar-refractivity contribution in [2.75, 3.05) is 0 Å². The number of aliphatic hydroxyl groups is 1. The SMILES string of the molecule is C[C@]12CCC(=O)C=C1CC[C@@H]1[C@@H]2C(=O)C[C@@]2(C)[C@H]1CC[C@]2(O)c1cnc2ccccc2n1. The van der Waals surface area contributed by atoms with E-state index in [1.165, 1.54) is 5.57 Å². The van der Waals surface area contributed by atoms with Crippen LogP contribution < -0.4 is 0 Å². The van der Waals surface area contributed by atoms with Crippen molar-refractivity contribution in [1.29, 1.82) is 0 Å². The first-order valence-corrected chi connectivity index (χ1v) is 12.0. The number of nitrogens with zero attached hydrogens (tertiary/aromatic N) is 2. The lowest BCUT2D eigenvalue weighted by molar-refractivity contribution is -0.162. The molecule has 6 atom stereocenters. The highest BCUT2D eigenvalue weighted by molar-refractivity contribution is 5.93. The molecule has 0 spiro atoms. The van der Waals surface area contributed by atoms with Gasteiger partial charge in [0.15, 0.2) is 5.78 Å². The van der Waals surface area contributed by atoms with Crippen LogP contribution in [-0.2, 0) is 15.2 Å². The smallest absolute Gasteiger partial charge is 0.155 e. The van der Waals surface area contributed by atoms with Crippen molar-refractivity contribution in [2.45, 2.75) is 64.4 Å². The fraction of sp³-hybridized carbons (Fsp3) is 0.556. The first kappa shape index (κ1) is 20.2. The molecule has 1 aromatic heterocycles. The number of ketones is 2. The number of fused-ring (bicyclic) bond motifs is 6. The topological polar surface area (TPSA) is 80.2 Å². The van der Waals surface area contributed by atoms with Gasteiger partial charge >= 0.3 is 0 Å². The number of benzene rings is 1. The maximum absolute atomic E-state index is 13.8. The predicted octanol–water partition coefficient (Wildman–Crippen LogP) is 4.53. The molecule has 6 rings (SSSR count). The minimum atomic E-state index is -1.16. The zero-order valence-electron chi connectivity index (χ0n) is 18.8. The monoisotopic (exact) mass is 430 g/mol. The lowest BCUT2D eigenvalue weighted by Crippen LogP contribution is -2.57. The standard InChI is InChI=1S/C27H30N2O3/c1-25-11-9-17(30)13-16(25)7-8-18-19-10-12-27(32,26(19,2)14-22(31)24(18)25)23-15-28-20-5-3-4-6-21(20)29-23/h3-6,13,15,18-19,24,32H,7-12,14H2,1-2H3/t18-,19-,24+,25-,26-,27-/m0/s1. The molecule has 0 radical (unpaired) electrons. The van der Waals surface area contributed by atoms with E-state index in [-0.39, 0.29) is 34.7 Å². The van der Waals surface area contributed by atoms with Gasteiger partial charge < -0.3 is 5.11 Å². The van der Waals surface area contributed by atoms with E-state index in [4.69, 9.17) is 4.98 Å². The molecule has 1 N–H and O–H groups in total. The molecule has 0 aliphatic heterocycles. The van der Waals surface area contributed by atoms with Crippen molar-refractivity contribution in [3.05, 3.63) is 47.8 Å². The highest BCUT2D eigenvalue weighted by Crippen LogP contribution is 2.68. The van der Waals surface area contributed by atoms with E-state index in [1.807, 2.05) is 30.3 Å². The Balaban J connectivity index is 1.41. The lowest BCUT2D eigenvalue weighted by atomic mass is 9.46. The second kappa shape index (κ2) is 6.57. The van der Waals surface area contributed by atoms with E-state index < -0.39 is 11.0 Å². The van der Waals surface area contributed by atoms with Crippen LogP contribution in [0.2, 0.25) is 0 Å². The minimum absolute atomic E-state index is 0.0429. The largest absolute Gasteiger partial charge is 0.383 e. The molecule has 0 unspecified atom stereocenters. The van der Waals surface area contributed by atoms with Crippen LogP contribution in [-0.4, -0.2) is 26.6 Å².